The van der Waals surface area contributed by atoms with Crippen LogP contribution in [0.25, 0.3) is 0 Å². The summed E-state index contributed by atoms with van der Waals surface area (Å²) in [5.74, 6) is -0.0209. The Morgan fingerprint density at radius 3 is 3.00 bits per heavy atom. The average Bonchev–Trinajstić information content (AvgIpc) is 2.27. The average molecular weight is 229 g/mol. The van der Waals surface area contributed by atoms with Crippen molar-refractivity contribution in [3.8, 4) is 0 Å². The fraction of sp³-hybridized carbons (Fsp3) is 0.909. The molecule has 2 N–H and O–H groups in total. The number of carbonyl (C=O) groups excluding carboxylic acids is 1. The Kier molecular flexibility index (Phi) is 6.37. The van der Waals surface area contributed by atoms with Crippen molar-refractivity contribution in [3.05, 3.63) is 0 Å². The van der Waals surface area contributed by atoms with Gasteiger partial charge in [0.2, 0.25) is 5.91 Å². The molecule has 0 aromatic heterocycles. The van der Waals surface area contributed by atoms with Gasteiger partial charge in [-0.05, 0) is 33.5 Å². The van der Waals surface area contributed by atoms with E-state index in [1.54, 1.807) is 0 Å². The summed E-state index contributed by atoms with van der Waals surface area (Å²) in [6.45, 7) is 3.65. The molecule has 0 aromatic rings. The highest BCUT2D eigenvalue weighted by atomic mass is 16.5. The summed E-state index contributed by atoms with van der Waals surface area (Å²) in [5.41, 5.74) is 0. The number of hydrogen-bond donors (Lipinski definition) is 2. The van der Waals surface area contributed by atoms with Crippen molar-refractivity contribution in [2.45, 2.75) is 18.9 Å². The highest BCUT2D eigenvalue weighted by Gasteiger charge is 2.14. The first kappa shape index (κ1) is 13.4. The Morgan fingerprint density at radius 1 is 1.56 bits per heavy atom. The van der Waals surface area contributed by atoms with Crippen LogP contribution in [0.4, 0.5) is 0 Å². The van der Waals surface area contributed by atoms with E-state index in [-0.39, 0.29) is 18.6 Å². The molecule has 1 amide bonds. The van der Waals surface area contributed by atoms with Crippen LogP contribution in [-0.2, 0) is 9.53 Å². The van der Waals surface area contributed by atoms with E-state index >= 15 is 0 Å². The van der Waals surface area contributed by atoms with Crippen molar-refractivity contribution in [1.29, 1.82) is 0 Å². The van der Waals surface area contributed by atoms with Gasteiger partial charge in [-0.3, -0.25) is 4.79 Å². The van der Waals surface area contributed by atoms with Crippen LogP contribution in [0.15, 0.2) is 0 Å². The predicted octanol–water partition coefficient (Wildman–Crippen LogP) is -0.567. The third-order valence-corrected chi connectivity index (χ3v) is 2.58. The molecule has 0 saturated carbocycles. The van der Waals surface area contributed by atoms with Gasteiger partial charge in [-0.15, -0.1) is 0 Å². The molecule has 1 saturated heterocycles. The van der Waals surface area contributed by atoms with Crippen LogP contribution in [0, 0.1) is 0 Å². The van der Waals surface area contributed by atoms with E-state index in [0.29, 0.717) is 6.54 Å². The second-order valence-corrected chi connectivity index (χ2v) is 4.43. The highest BCUT2D eigenvalue weighted by Crippen LogP contribution is 2.05. The molecule has 0 bridgehead atoms. The molecule has 1 unspecified atom stereocenters. The molecule has 1 aliphatic rings. The number of nitrogens with zero attached hydrogens (tertiary/aromatic N) is 1. The lowest BCUT2D eigenvalue weighted by Crippen LogP contribution is -2.39. The molecule has 1 atom stereocenters. The molecule has 1 rings (SSSR count). The molecule has 1 aliphatic heterocycles. The summed E-state index contributed by atoms with van der Waals surface area (Å²) in [5, 5.41) is 6.08. The van der Waals surface area contributed by atoms with Crippen molar-refractivity contribution in [2.24, 2.45) is 0 Å². The molecule has 1 fully saturated rings. The van der Waals surface area contributed by atoms with Crippen molar-refractivity contribution in [1.82, 2.24) is 15.5 Å². The van der Waals surface area contributed by atoms with E-state index < -0.39 is 0 Å². The second kappa shape index (κ2) is 7.60. The number of nitrogens with one attached hydrogen (secondary N) is 2. The fourth-order valence-corrected chi connectivity index (χ4v) is 1.63. The number of ether oxygens (including phenoxy) is 1. The normalized spacial score (nSPS) is 21.1. The van der Waals surface area contributed by atoms with Crippen LogP contribution in [0.1, 0.15) is 12.8 Å². The van der Waals surface area contributed by atoms with E-state index in [0.717, 1.165) is 32.5 Å². The van der Waals surface area contributed by atoms with E-state index in [9.17, 15) is 4.79 Å². The standard InChI is InChI=1S/C11H23N3O2/c1-14(2)7-6-13-11(15)9-16-10-4-3-5-12-8-10/h10,12H,3-9H2,1-2H3,(H,13,15). The number of rotatable bonds is 6. The number of likely N-dealkylation sites (N-methyl/N-ethyl adjacent to an activating group) is 1. The van der Waals surface area contributed by atoms with Crippen LogP contribution in [0.2, 0.25) is 0 Å². The molecule has 0 radical (unpaired) electrons. The van der Waals surface area contributed by atoms with Crippen molar-refractivity contribution < 1.29 is 9.53 Å². The third-order valence-electron chi connectivity index (χ3n) is 2.58. The molecule has 5 nitrogen and oxygen atoms in total. The van der Waals surface area contributed by atoms with Gasteiger partial charge in [0.1, 0.15) is 6.61 Å². The van der Waals surface area contributed by atoms with Gasteiger partial charge >= 0.3 is 0 Å². The van der Waals surface area contributed by atoms with Gasteiger partial charge in [0.25, 0.3) is 0 Å². The molecule has 94 valence electrons. The summed E-state index contributed by atoms with van der Waals surface area (Å²) in [6, 6.07) is 0. The van der Waals surface area contributed by atoms with Crippen LogP contribution in [0.5, 0.6) is 0 Å². The zero-order valence-electron chi connectivity index (χ0n) is 10.3. The molecule has 0 spiro atoms. The Bertz CT molecular complexity index is 203. The molecule has 1 heterocycles. The largest absolute Gasteiger partial charge is 0.367 e. The van der Waals surface area contributed by atoms with Gasteiger partial charge in [-0.25, -0.2) is 0 Å². The maximum atomic E-state index is 11.4. The van der Waals surface area contributed by atoms with E-state index in [2.05, 4.69) is 10.6 Å². The SMILES string of the molecule is CN(C)CCNC(=O)COC1CCCNC1. The summed E-state index contributed by atoms with van der Waals surface area (Å²) in [4.78, 5) is 13.4. The number of hydrogen-bond acceptors (Lipinski definition) is 4. The molecule has 5 heteroatoms. The van der Waals surface area contributed by atoms with Gasteiger partial charge < -0.3 is 20.3 Å². The van der Waals surface area contributed by atoms with Gasteiger partial charge in [0.05, 0.1) is 6.10 Å². The number of carbonyl (C=O) groups is 1. The molecular weight excluding hydrogens is 206 g/mol. The van der Waals surface area contributed by atoms with Crippen molar-refractivity contribution >= 4 is 5.91 Å². The summed E-state index contributed by atoms with van der Waals surface area (Å²) < 4.78 is 5.51. The second-order valence-electron chi connectivity index (χ2n) is 4.43. The summed E-state index contributed by atoms with van der Waals surface area (Å²) in [7, 11) is 3.96. The molecular formula is C11H23N3O2. The van der Waals surface area contributed by atoms with Gasteiger partial charge in [0.15, 0.2) is 0 Å². The minimum atomic E-state index is -0.0209. The Balaban J connectivity index is 2.00. The Labute approximate surface area is 97.5 Å². The topological polar surface area (TPSA) is 53.6 Å². The van der Waals surface area contributed by atoms with E-state index in [1.165, 1.54) is 0 Å². The first-order valence-electron chi connectivity index (χ1n) is 5.92. The maximum absolute atomic E-state index is 11.4. The summed E-state index contributed by atoms with van der Waals surface area (Å²) >= 11 is 0. The Morgan fingerprint density at radius 2 is 2.38 bits per heavy atom. The minimum absolute atomic E-state index is 0.0209. The van der Waals surface area contributed by atoms with Crippen LogP contribution < -0.4 is 10.6 Å². The molecule has 0 aromatic carbocycles. The third kappa shape index (κ3) is 6.05. The lowest BCUT2D eigenvalue weighted by atomic mass is 10.1. The van der Waals surface area contributed by atoms with Gasteiger partial charge in [0, 0.05) is 19.6 Å². The van der Waals surface area contributed by atoms with Crippen LogP contribution in [0.3, 0.4) is 0 Å². The van der Waals surface area contributed by atoms with Crippen molar-refractivity contribution in [3.63, 3.8) is 0 Å². The molecule has 16 heavy (non-hydrogen) atoms. The predicted molar refractivity (Wildman–Crippen MR) is 63.4 cm³/mol. The molecule has 0 aliphatic carbocycles. The van der Waals surface area contributed by atoms with Crippen LogP contribution >= 0.6 is 0 Å². The van der Waals surface area contributed by atoms with Gasteiger partial charge in [-0.2, -0.15) is 0 Å². The minimum Gasteiger partial charge on any atom is -0.367 e. The quantitative estimate of drug-likeness (QED) is 0.640. The van der Waals surface area contributed by atoms with Crippen molar-refractivity contribution in [2.75, 3.05) is 46.9 Å². The first-order chi connectivity index (χ1) is 7.68. The number of piperidine rings is 1. The fourth-order valence-electron chi connectivity index (χ4n) is 1.63. The zero-order valence-corrected chi connectivity index (χ0v) is 10.3. The van der Waals surface area contributed by atoms with E-state index in [4.69, 9.17) is 4.74 Å². The van der Waals surface area contributed by atoms with E-state index in [1.807, 2.05) is 19.0 Å². The van der Waals surface area contributed by atoms with Crippen LogP contribution in [-0.4, -0.2) is 63.8 Å². The zero-order chi connectivity index (χ0) is 11.8. The smallest absolute Gasteiger partial charge is 0.246 e. The Hall–Kier alpha value is -0.650. The summed E-state index contributed by atoms with van der Waals surface area (Å²) in [6.07, 6.45) is 2.39. The maximum Gasteiger partial charge on any atom is 0.246 e. The van der Waals surface area contributed by atoms with Gasteiger partial charge in [-0.1, -0.05) is 0 Å². The monoisotopic (exact) mass is 229 g/mol. The lowest BCUT2D eigenvalue weighted by molar-refractivity contribution is -0.128. The lowest BCUT2D eigenvalue weighted by Gasteiger charge is -2.22. The highest BCUT2D eigenvalue weighted by molar-refractivity contribution is 5.77. The first-order valence-corrected chi connectivity index (χ1v) is 5.92. The number of amides is 1.